The molecule has 1 atom stereocenters. The zero-order chi connectivity index (χ0) is 18.2. The van der Waals surface area contributed by atoms with Gasteiger partial charge in [0.05, 0.1) is 12.2 Å². The highest BCUT2D eigenvalue weighted by molar-refractivity contribution is 7.89. The second-order valence-electron chi connectivity index (χ2n) is 6.71. The van der Waals surface area contributed by atoms with Crippen LogP contribution in [0.15, 0.2) is 41.7 Å². The standard InChI is InChI=1S/C17H20N4O4S/c1-13-4-7-19-16(20-13)25-14-5-8-24-17(9-14)11-21(12-17)26(22,23)15-3-2-6-18-10-15/h2-4,6-7,10,14H,5,8-9,11-12H2,1H3/t14-/m0/s1. The van der Waals surface area contributed by atoms with Gasteiger partial charge >= 0.3 is 6.01 Å². The van der Waals surface area contributed by atoms with E-state index in [-0.39, 0.29) is 11.0 Å². The van der Waals surface area contributed by atoms with Crippen molar-refractivity contribution in [3.8, 4) is 6.01 Å². The summed E-state index contributed by atoms with van der Waals surface area (Å²) >= 11 is 0. The Kier molecular flexibility index (Phi) is 4.37. The Balaban J connectivity index is 1.41. The quantitative estimate of drug-likeness (QED) is 0.791. The Morgan fingerprint density at radius 3 is 2.88 bits per heavy atom. The minimum Gasteiger partial charge on any atom is -0.460 e. The summed E-state index contributed by atoms with van der Waals surface area (Å²) in [5, 5.41) is 0. The molecule has 1 spiro atoms. The summed E-state index contributed by atoms with van der Waals surface area (Å²) in [4.78, 5) is 12.5. The highest BCUT2D eigenvalue weighted by atomic mass is 32.2. The van der Waals surface area contributed by atoms with Crippen LogP contribution in [0.4, 0.5) is 0 Å². The summed E-state index contributed by atoms with van der Waals surface area (Å²) in [6.07, 6.45) is 5.84. The van der Waals surface area contributed by atoms with Crippen molar-refractivity contribution >= 4 is 10.0 Å². The van der Waals surface area contributed by atoms with E-state index in [1.807, 2.05) is 13.0 Å². The molecular weight excluding hydrogens is 356 g/mol. The van der Waals surface area contributed by atoms with E-state index in [0.717, 1.165) is 12.1 Å². The molecule has 0 aliphatic carbocycles. The summed E-state index contributed by atoms with van der Waals surface area (Å²) in [5.74, 6) is 0. The third-order valence-electron chi connectivity index (χ3n) is 4.69. The number of nitrogens with zero attached hydrogens (tertiary/aromatic N) is 4. The van der Waals surface area contributed by atoms with Crippen LogP contribution in [-0.4, -0.2) is 59.1 Å². The number of rotatable bonds is 4. The predicted molar refractivity (Wildman–Crippen MR) is 92.1 cm³/mol. The maximum Gasteiger partial charge on any atom is 0.316 e. The molecular formula is C17H20N4O4S. The molecule has 0 aromatic carbocycles. The van der Waals surface area contributed by atoms with Crippen molar-refractivity contribution in [1.82, 2.24) is 19.3 Å². The average molecular weight is 376 g/mol. The van der Waals surface area contributed by atoms with Crippen LogP contribution in [0.3, 0.4) is 0 Å². The molecule has 2 saturated heterocycles. The van der Waals surface area contributed by atoms with E-state index in [1.165, 1.54) is 10.5 Å². The number of aryl methyl sites for hydroxylation is 1. The van der Waals surface area contributed by atoms with Gasteiger partial charge in [-0.15, -0.1) is 0 Å². The largest absolute Gasteiger partial charge is 0.460 e. The zero-order valence-corrected chi connectivity index (χ0v) is 15.2. The average Bonchev–Trinajstić information content (AvgIpc) is 2.60. The first-order valence-electron chi connectivity index (χ1n) is 8.47. The molecule has 0 unspecified atom stereocenters. The molecule has 2 aromatic rings. The van der Waals surface area contributed by atoms with Gasteiger partial charge in [-0.2, -0.15) is 4.31 Å². The van der Waals surface area contributed by atoms with Gasteiger partial charge in [-0.05, 0) is 25.1 Å². The number of hydrogen-bond acceptors (Lipinski definition) is 7. The minimum atomic E-state index is -3.53. The van der Waals surface area contributed by atoms with Gasteiger partial charge in [0.1, 0.15) is 11.0 Å². The third-order valence-corrected chi connectivity index (χ3v) is 6.47. The van der Waals surface area contributed by atoms with Crippen molar-refractivity contribution in [2.45, 2.75) is 36.4 Å². The fraction of sp³-hybridized carbons (Fsp3) is 0.471. The fourth-order valence-electron chi connectivity index (χ4n) is 3.35. The van der Waals surface area contributed by atoms with Crippen LogP contribution in [0.5, 0.6) is 6.01 Å². The van der Waals surface area contributed by atoms with Gasteiger partial charge in [-0.3, -0.25) is 4.98 Å². The number of aromatic nitrogens is 3. The maximum absolute atomic E-state index is 12.6. The zero-order valence-electron chi connectivity index (χ0n) is 14.4. The van der Waals surface area contributed by atoms with Crippen molar-refractivity contribution < 1.29 is 17.9 Å². The summed E-state index contributed by atoms with van der Waals surface area (Å²) in [6.45, 7) is 3.04. The Morgan fingerprint density at radius 1 is 1.31 bits per heavy atom. The lowest BCUT2D eigenvalue weighted by Gasteiger charge is -2.51. The molecule has 2 aliphatic heterocycles. The van der Waals surface area contributed by atoms with E-state index in [0.29, 0.717) is 32.1 Å². The summed E-state index contributed by atoms with van der Waals surface area (Å²) in [7, 11) is -3.53. The monoisotopic (exact) mass is 376 g/mol. The number of pyridine rings is 1. The number of sulfonamides is 1. The van der Waals surface area contributed by atoms with E-state index >= 15 is 0 Å². The SMILES string of the molecule is Cc1ccnc(O[C@H]2CCOC3(C2)CN(S(=O)(=O)c2cccnc2)C3)n1. The van der Waals surface area contributed by atoms with Crippen LogP contribution in [0.1, 0.15) is 18.5 Å². The molecule has 26 heavy (non-hydrogen) atoms. The molecule has 2 fully saturated rings. The smallest absolute Gasteiger partial charge is 0.316 e. The Bertz CT molecular complexity index is 885. The highest BCUT2D eigenvalue weighted by Gasteiger charge is 2.52. The highest BCUT2D eigenvalue weighted by Crippen LogP contribution is 2.38. The van der Waals surface area contributed by atoms with E-state index < -0.39 is 15.6 Å². The van der Waals surface area contributed by atoms with Crippen LogP contribution >= 0.6 is 0 Å². The van der Waals surface area contributed by atoms with E-state index in [4.69, 9.17) is 9.47 Å². The first kappa shape index (κ1) is 17.3. The van der Waals surface area contributed by atoms with E-state index in [9.17, 15) is 8.42 Å². The Labute approximate surface area is 152 Å². The van der Waals surface area contributed by atoms with Gasteiger partial charge in [0.2, 0.25) is 10.0 Å². The van der Waals surface area contributed by atoms with E-state index in [1.54, 1.807) is 24.5 Å². The molecule has 8 nitrogen and oxygen atoms in total. The molecule has 2 aromatic heterocycles. The molecule has 0 bridgehead atoms. The van der Waals surface area contributed by atoms with Crippen LogP contribution in [-0.2, 0) is 14.8 Å². The van der Waals surface area contributed by atoms with Crippen LogP contribution in [0.2, 0.25) is 0 Å². The van der Waals surface area contributed by atoms with Crippen molar-refractivity contribution in [2.75, 3.05) is 19.7 Å². The van der Waals surface area contributed by atoms with Gasteiger partial charge in [0.15, 0.2) is 0 Å². The van der Waals surface area contributed by atoms with E-state index in [2.05, 4.69) is 15.0 Å². The van der Waals surface area contributed by atoms with Gasteiger partial charge in [-0.1, -0.05) is 0 Å². The topological polar surface area (TPSA) is 94.5 Å². The molecule has 2 aliphatic rings. The second kappa shape index (κ2) is 6.57. The molecule has 138 valence electrons. The molecule has 0 amide bonds. The van der Waals surface area contributed by atoms with Crippen LogP contribution in [0.25, 0.3) is 0 Å². The lowest BCUT2D eigenvalue weighted by Crippen LogP contribution is -2.67. The van der Waals surface area contributed by atoms with Gasteiger partial charge < -0.3 is 9.47 Å². The summed E-state index contributed by atoms with van der Waals surface area (Å²) in [6, 6.07) is 5.33. The minimum absolute atomic E-state index is 0.0891. The van der Waals surface area contributed by atoms with Crippen LogP contribution < -0.4 is 4.74 Å². The number of ether oxygens (including phenoxy) is 2. The van der Waals surface area contributed by atoms with Crippen molar-refractivity contribution in [1.29, 1.82) is 0 Å². The predicted octanol–water partition coefficient (Wildman–Crippen LogP) is 1.18. The van der Waals surface area contributed by atoms with Crippen molar-refractivity contribution in [3.05, 3.63) is 42.5 Å². The summed E-state index contributed by atoms with van der Waals surface area (Å²) < 4.78 is 38.5. The molecule has 4 rings (SSSR count). The molecule has 9 heteroatoms. The third kappa shape index (κ3) is 3.29. The Hall–Kier alpha value is -2.10. The van der Waals surface area contributed by atoms with Gasteiger partial charge in [0.25, 0.3) is 0 Å². The maximum atomic E-state index is 12.6. The lowest BCUT2D eigenvalue weighted by molar-refractivity contribution is -0.165. The summed E-state index contributed by atoms with van der Waals surface area (Å²) in [5.41, 5.74) is 0.344. The van der Waals surface area contributed by atoms with Gasteiger partial charge in [-0.25, -0.2) is 18.4 Å². The normalized spacial score (nSPS) is 22.7. The molecule has 0 saturated carbocycles. The van der Waals surface area contributed by atoms with Crippen molar-refractivity contribution in [2.24, 2.45) is 0 Å². The van der Waals surface area contributed by atoms with Crippen LogP contribution in [0, 0.1) is 6.92 Å². The molecule has 0 N–H and O–H groups in total. The first-order valence-corrected chi connectivity index (χ1v) is 9.91. The molecule has 4 heterocycles. The first-order chi connectivity index (χ1) is 12.5. The van der Waals surface area contributed by atoms with Crippen molar-refractivity contribution in [3.63, 3.8) is 0 Å². The fourth-order valence-corrected chi connectivity index (χ4v) is 4.90. The Morgan fingerprint density at radius 2 is 2.15 bits per heavy atom. The molecule has 0 radical (unpaired) electrons. The lowest BCUT2D eigenvalue weighted by atomic mass is 9.86. The second-order valence-corrected chi connectivity index (χ2v) is 8.64. The number of hydrogen-bond donors (Lipinski definition) is 0. The van der Waals surface area contributed by atoms with Gasteiger partial charge in [0, 0.05) is 50.2 Å².